The van der Waals surface area contributed by atoms with Crippen molar-refractivity contribution in [3.63, 3.8) is 0 Å². The van der Waals surface area contributed by atoms with Gasteiger partial charge in [-0.1, -0.05) is 83.1 Å². The average molecular weight is 729 g/mol. The van der Waals surface area contributed by atoms with E-state index in [1.807, 2.05) is 83.1 Å². The molecule has 0 saturated heterocycles. The first-order valence-corrected chi connectivity index (χ1v) is 17.3. The van der Waals surface area contributed by atoms with E-state index in [4.69, 9.17) is 0 Å². The van der Waals surface area contributed by atoms with E-state index in [-0.39, 0.29) is 51.5 Å². The summed E-state index contributed by atoms with van der Waals surface area (Å²) in [6.07, 6.45) is 9.20. The number of rotatable bonds is 12. The number of nitrogens with zero attached hydrogens (tertiary/aromatic N) is 6. The quantitative estimate of drug-likeness (QED) is 0.138. The van der Waals surface area contributed by atoms with Crippen molar-refractivity contribution in [3.8, 4) is 0 Å². The summed E-state index contributed by atoms with van der Waals surface area (Å²) in [6, 6.07) is 0. The second-order valence-electron chi connectivity index (χ2n) is 14.0. The number of hydrogen-bond acceptors (Lipinski definition) is 9. The van der Waals surface area contributed by atoms with Gasteiger partial charge in [0.15, 0.2) is 0 Å². The molecule has 0 amide bonds. The largest absolute Gasteiger partial charge is 0.425 e. The molecule has 3 atom stereocenters. The van der Waals surface area contributed by atoms with Gasteiger partial charge < -0.3 is 15.6 Å². The maximum absolute atomic E-state index is 11.8. The predicted octanol–water partition coefficient (Wildman–Crippen LogP) is 6.58. The molecule has 3 heterocycles. The van der Waals surface area contributed by atoms with Crippen molar-refractivity contribution in [2.24, 2.45) is 17.8 Å². The monoisotopic (exact) mass is 728 g/mol. The fourth-order valence-electron chi connectivity index (χ4n) is 4.70. The minimum Gasteiger partial charge on any atom is -0.425 e. The Labute approximate surface area is 302 Å². The topological polar surface area (TPSA) is 165 Å². The average Bonchev–Trinajstić information content (AvgIpc) is 3.03. The summed E-state index contributed by atoms with van der Waals surface area (Å²) in [5.74, 6) is 1.48. The van der Waals surface area contributed by atoms with Crippen molar-refractivity contribution in [2.75, 3.05) is 0 Å². The first-order chi connectivity index (χ1) is 22.4. The molecule has 3 rings (SSSR count). The molecule has 3 aromatic heterocycles. The molecule has 0 spiro atoms. The Morgan fingerprint density at radius 1 is 0.490 bits per heavy atom. The van der Waals surface area contributed by atoms with Gasteiger partial charge in [0.1, 0.15) is 17.1 Å². The standard InChI is InChI=1S/3C12H20N2O2.Fe/c3*1-5-9(4)11-7-13-10(6-8(2)3)12(15)14(11)16;/h3*7-9,16H,5-6H2,1-4H3;. The van der Waals surface area contributed by atoms with Crippen molar-refractivity contribution in [1.29, 1.82) is 0 Å². The van der Waals surface area contributed by atoms with E-state index in [2.05, 4.69) is 15.0 Å². The van der Waals surface area contributed by atoms with E-state index in [9.17, 15) is 30.0 Å². The van der Waals surface area contributed by atoms with Gasteiger partial charge in [-0.2, -0.15) is 0 Å². The molecule has 0 saturated carbocycles. The van der Waals surface area contributed by atoms with Crippen molar-refractivity contribution in [1.82, 2.24) is 29.1 Å². The minimum atomic E-state index is -0.383. The van der Waals surface area contributed by atoms with E-state index >= 15 is 0 Å². The van der Waals surface area contributed by atoms with E-state index in [1.165, 1.54) is 0 Å². The number of hydrogen-bond donors (Lipinski definition) is 3. The third-order valence-corrected chi connectivity index (χ3v) is 8.27. The summed E-state index contributed by atoms with van der Waals surface area (Å²) < 4.78 is 2.25. The van der Waals surface area contributed by atoms with Crippen LogP contribution < -0.4 is 16.7 Å². The molecule has 49 heavy (non-hydrogen) atoms. The van der Waals surface area contributed by atoms with Crippen LogP contribution in [0.1, 0.15) is 154 Å². The summed E-state index contributed by atoms with van der Waals surface area (Å²) in [5, 5.41) is 29.3. The molecule has 0 bridgehead atoms. The Morgan fingerprint density at radius 3 is 0.857 bits per heavy atom. The van der Waals surface area contributed by atoms with Crippen LogP contribution in [0.15, 0.2) is 33.0 Å². The second kappa shape index (κ2) is 21.6. The van der Waals surface area contributed by atoms with Crippen molar-refractivity contribution in [2.45, 2.75) is 139 Å². The molecular weight excluding hydrogens is 668 g/mol. The molecule has 3 N–H and O–H groups in total. The SMILES string of the molecule is CCC(C)c1cnc(CC(C)C)c(=O)n1O.CCC(C)c1cnc(CC(C)C)c(=O)n1O.CCC(C)c1cnc(CC(C)C)c(=O)n1O.[Fe]. The molecule has 0 aliphatic heterocycles. The molecule has 3 unspecified atom stereocenters. The van der Waals surface area contributed by atoms with Crippen LogP contribution in [0, 0.1) is 17.8 Å². The third kappa shape index (κ3) is 13.4. The molecule has 0 radical (unpaired) electrons. The Bertz CT molecular complexity index is 1430. The maximum atomic E-state index is 11.8. The van der Waals surface area contributed by atoms with Crippen molar-refractivity contribution >= 4 is 0 Å². The fraction of sp³-hybridized carbons (Fsp3) is 0.667. The molecule has 0 aliphatic rings. The zero-order valence-corrected chi connectivity index (χ0v) is 32.6. The van der Waals surface area contributed by atoms with E-state index in [1.54, 1.807) is 18.6 Å². The summed E-state index contributed by atoms with van der Waals surface area (Å²) in [4.78, 5) is 47.9. The molecular formula is C36H60FeN6O6. The van der Waals surface area contributed by atoms with Gasteiger partial charge in [-0.3, -0.25) is 29.3 Å². The Morgan fingerprint density at radius 2 is 0.694 bits per heavy atom. The zero-order chi connectivity index (χ0) is 36.9. The molecule has 3 aromatic rings. The molecule has 0 aromatic carbocycles. The van der Waals surface area contributed by atoms with Gasteiger partial charge in [0, 0.05) is 34.8 Å². The number of aromatic nitrogens is 6. The van der Waals surface area contributed by atoms with Crippen LogP contribution in [0.25, 0.3) is 0 Å². The van der Waals surface area contributed by atoms with Gasteiger partial charge in [0.25, 0.3) is 0 Å². The van der Waals surface area contributed by atoms with Crippen molar-refractivity contribution in [3.05, 3.63) is 83.8 Å². The first-order valence-electron chi connectivity index (χ1n) is 17.3. The normalized spacial score (nSPS) is 12.8. The van der Waals surface area contributed by atoms with Gasteiger partial charge in [-0.05, 0) is 56.3 Å². The van der Waals surface area contributed by atoms with Crippen LogP contribution in [0.3, 0.4) is 0 Å². The molecule has 13 heteroatoms. The summed E-state index contributed by atoms with van der Waals surface area (Å²) >= 11 is 0. The van der Waals surface area contributed by atoms with E-state index in [0.29, 0.717) is 71.2 Å². The summed E-state index contributed by atoms with van der Waals surface area (Å²) in [6.45, 7) is 24.0. The Kier molecular flexibility index (Phi) is 20.1. The van der Waals surface area contributed by atoms with Crippen LogP contribution >= 0.6 is 0 Å². The van der Waals surface area contributed by atoms with Gasteiger partial charge in [0.2, 0.25) is 0 Å². The second-order valence-corrected chi connectivity index (χ2v) is 14.0. The summed E-state index contributed by atoms with van der Waals surface area (Å²) in [7, 11) is 0. The molecule has 0 aliphatic carbocycles. The molecule has 12 nitrogen and oxygen atoms in total. The van der Waals surface area contributed by atoms with Gasteiger partial charge >= 0.3 is 16.7 Å². The Balaban J connectivity index is 0.000000698. The van der Waals surface area contributed by atoms with Crippen LogP contribution in [0.5, 0.6) is 0 Å². The smallest absolute Gasteiger partial charge is 0.304 e. The zero-order valence-electron chi connectivity index (χ0n) is 31.5. The van der Waals surface area contributed by atoms with Crippen LogP contribution in [0.2, 0.25) is 0 Å². The van der Waals surface area contributed by atoms with Gasteiger partial charge in [-0.15, -0.1) is 14.2 Å². The van der Waals surface area contributed by atoms with Gasteiger partial charge in [0.05, 0.1) is 35.7 Å². The fourth-order valence-corrected chi connectivity index (χ4v) is 4.70. The maximum Gasteiger partial charge on any atom is 0.304 e. The van der Waals surface area contributed by atoms with Gasteiger partial charge in [-0.25, -0.2) is 0 Å². The predicted molar refractivity (Wildman–Crippen MR) is 189 cm³/mol. The van der Waals surface area contributed by atoms with Crippen LogP contribution in [-0.4, -0.2) is 44.8 Å². The first kappa shape index (κ1) is 45.6. The van der Waals surface area contributed by atoms with E-state index < -0.39 is 0 Å². The minimum absolute atomic E-state index is 0. The molecule has 278 valence electrons. The van der Waals surface area contributed by atoms with Crippen molar-refractivity contribution < 1.29 is 32.7 Å². The Hall–Kier alpha value is -3.44. The molecule has 0 fully saturated rings. The summed E-state index contributed by atoms with van der Waals surface area (Å²) in [5.41, 5.74) is 1.91. The third-order valence-electron chi connectivity index (χ3n) is 8.27. The van der Waals surface area contributed by atoms with Crippen LogP contribution in [0.4, 0.5) is 0 Å². The van der Waals surface area contributed by atoms with Crippen LogP contribution in [-0.2, 0) is 36.3 Å². The van der Waals surface area contributed by atoms with E-state index in [0.717, 1.165) is 33.5 Å².